The molecule has 0 aromatic carbocycles. The van der Waals surface area contributed by atoms with Crippen molar-refractivity contribution in [3.8, 4) is 0 Å². The second kappa shape index (κ2) is 7.61. The number of alkyl halides is 1. The van der Waals surface area contributed by atoms with Gasteiger partial charge in [-0.05, 0) is 0 Å². The summed E-state index contributed by atoms with van der Waals surface area (Å²) >= 11 is 2.33. The number of nitrogens with one attached hydrogen (secondary N) is 2. The zero-order valence-corrected chi connectivity index (χ0v) is 6.94. The Hall–Kier alpha value is 0.610. The van der Waals surface area contributed by atoms with Gasteiger partial charge in [-0.15, -0.1) is 0 Å². The topological polar surface area (TPSA) is 50.1 Å². The minimum Gasteiger partial charge on any atom is -0.315 e. The summed E-state index contributed by atoms with van der Waals surface area (Å²) in [6.45, 7) is 2.87. The second-order valence-corrected chi connectivity index (χ2v) is 2.47. The molecule has 3 nitrogen and oxygen atoms in total. The van der Waals surface area contributed by atoms with Crippen molar-refractivity contribution in [2.24, 2.45) is 5.84 Å². The van der Waals surface area contributed by atoms with Crippen molar-refractivity contribution in [2.45, 2.75) is 0 Å². The molecule has 0 unspecified atom stereocenters. The van der Waals surface area contributed by atoms with Crippen LogP contribution in [0.5, 0.6) is 0 Å². The standard InChI is InChI=1S/C4H12IN3/c5-1-2-7-3-4-8-6/h7-8H,1-4,6H2. The van der Waals surface area contributed by atoms with E-state index in [1.807, 2.05) is 0 Å². The van der Waals surface area contributed by atoms with E-state index in [2.05, 4.69) is 33.3 Å². The molecule has 8 heavy (non-hydrogen) atoms. The summed E-state index contributed by atoms with van der Waals surface area (Å²) in [6.07, 6.45) is 0. The molecule has 4 N–H and O–H groups in total. The van der Waals surface area contributed by atoms with E-state index in [4.69, 9.17) is 5.84 Å². The van der Waals surface area contributed by atoms with Crippen LogP contribution in [0.1, 0.15) is 0 Å². The Morgan fingerprint density at radius 3 is 2.50 bits per heavy atom. The molecule has 0 aromatic rings. The highest BCUT2D eigenvalue weighted by molar-refractivity contribution is 14.1. The van der Waals surface area contributed by atoms with E-state index in [9.17, 15) is 0 Å². The maximum atomic E-state index is 5.02. The van der Waals surface area contributed by atoms with Crippen molar-refractivity contribution in [3.63, 3.8) is 0 Å². The fourth-order valence-corrected chi connectivity index (χ4v) is 0.734. The summed E-state index contributed by atoms with van der Waals surface area (Å²) in [7, 11) is 0. The first kappa shape index (κ1) is 8.61. The number of halogens is 1. The molecule has 0 saturated carbocycles. The lowest BCUT2D eigenvalue weighted by atomic mass is 10.6. The summed E-state index contributed by atoms with van der Waals surface area (Å²) in [5, 5.41) is 3.19. The third kappa shape index (κ3) is 6.61. The highest BCUT2D eigenvalue weighted by Crippen LogP contribution is 1.73. The summed E-state index contributed by atoms with van der Waals surface area (Å²) in [5.41, 5.74) is 2.56. The van der Waals surface area contributed by atoms with Gasteiger partial charge in [0.05, 0.1) is 0 Å². The number of rotatable bonds is 5. The van der Waals surface area contributed by atoms with Crippen LogP contribution in [0.25, 0.3) is 0 Å². The zero-order valence-electron chi connectivity index (χ0n) is 4.78. The van der Waals surface area contributed by atoms with Crippen molar-refractivity contribution in [1.82, 2.24) is 10.7 Å². The van der Waals surface area contributed by atoms with Crippen LogP contribution in [0.3, 0.4) is 0 Å². The zero-order chi connectivity index (χ0) is 6.24. The second-order valence-electron chi connectivity index (χ2n) is 1.39. The van der Waals surface area contributed by atoms with Crippen LogP contribution >= 0.6 is 22.6 Å². The maximum absolute atomic E-state index is 5.02. The first-order valence-corrected chi connectivity index (χ1v) is 4.14. The average Bonchev–Trinajstić information content (AvgIpc) is 1.81. The molecule has 0 heterocycles. The average molecular weight is 229 g/mol. The highest BCUT2D eigenvalue weighted by Gasteiger charge is 1.80. The smallest absolute Gasteiger partial charge is 0.0223 e. The molecule has 0 spiro atoms. The van der Waals surface area contributed by atoms with Gasteiger partial charge in [-0.25, -0.2) is 0 Å². The van der Waals surface area contributed by atoms with Crippen LogP contribution in [0.15, 0.2) is 0 Å². The molecule has 0 aliphatic heterocycles. The third-order valence-corrected chi connectivity index (χ3v) is 1.26. The van der Waals surface area contributed by atoms with E-state index in [1.165, 1.54) is 0 Å². The maximum Gasteiger partial charge on any atom is 0.0223 e. The summed E-state index contributed by atoms with van der Waals surface area (Å²) in [5.74, 6) is 5.02. The third-order valence-electron chi connectivity index (χ3n) is 0.717. The quantitative estimate of drug-likeness (QED) is 0.195. The minimum absolute atomic E-state index is 0.844. The van der Waals surface area contributed by atoms with Crippen LogP contribution < -0.4 is 16.6 Å². The van der Waals surface area contributed by atoms with Gasteiger partial charge in [-0.1, -0.05) is 22.6 Å². The van der Waals surface area contributed by atoms with E-state index >= 15 is 0 Å². The van der Waals surface area contributed by atoms with Gasteiger partial charge < -0.3 is 5.32 Å². The number of hydrazine groups is 1. The van der Waals surface area contributed by atoms with Gasteiger partial charge in [0.1, 0.15) is 0 Å². The van der Waals surface area contributed by atoms with Crippen molar-refractivity contribution in [1.29, 1.82) is 0 Å². The van der Waals surface area contributed by atoms with E-state index in [0.29, 0.717) is 0 Å². The molecule has 4 heteroatoms. The lowest BCUT2D eigenvalue weighted by Gasteiger charge is -1.98. The SMILES string of the molecule is NNCCNCCI. The van der Waals surface area contributed by atoms with Crippen LogP contribution in [-0.4, -0.2) is 24.1 Å². The molecule has 0 aromatic heterocycles. The van der Waals surface area contributed by atoms with Crippen LogP contribution in [0, 0.1) is 0 Å². The summed E-state index contributed by atoms with van der Waals surface area (Å²) in [4.78, 5) is 0. The minimum atomic E-state index is 0.844. The first-order valence-electron chi connectivity index (χ1n) is 2.62. The van der Waals surface area contributed by atoms with Gasteiger partial charge in [0.15, 0.2) is 0 Å². The Balaban J connectivity index is 2.53. The molecule has 0 aliphatic carbocycles. The molecule has 0 radical (unpaired) electrons. The Labute approximate surface area is 63.5 Å². The van der Waals surface area contributed by atoms with Gasteiger partial charge in [-0.3, -0.25) is 11.3 Å². The van der Waals surface area contributed by atoms with Crippen molar-refractivity contribution < 1.29 is 0 Å². The van der Waals surface area contributed by atoms with Crippen LogP contribution in [-0.2, 0) is 0 Å². The fraction of sp³-hybridized carbons (Fsp3) is 1.00. The molecule has 0 fully saturated rings. The molecule has 0 atom stereocenters. The fourth-order valence-electron chi connectivity index (χ4n) is 0.352. The van der Waals surface area contributed by atoms with Gasteiger partial charge in [0, 0.05) is 24.1 Å². The van der Waals surface area contributed by atoms with E-state index in [-0.39, 0.29) is 0 Å². The molecular weight excluding hydrogens is 217 g/mol. The lowest BCUT2D eigenvalue weighted by molar-refractivity contribution is 0.649. The predicted octanol–water partition coefficient (Wildman–Crippen LogP) is -0.526. The Morgan fingerprint density at radius 1 is 1.25 bits per heavy atom. The normalized spacial score (nSPS) is 9.75. The monoisotopic (exact) mass is 229 g/mol. The van der Waals surface area contributed by atoms with E-state index < -0.39 is 0 Å². The summed E-state index contributed by atoms with van der Waals surface area (Å²) in [6, 6.07) is 0. The molecule has 0 amide bonds. The lowest BCUT2D eigenvalue weighted by Crippen LogP contribution is -2.32. The van der Waals surface area contributed by atoms with Gasteiger partial charge in [-0.2, -0.15) is 0 Å². The van der Waals surface area contributed by atoms with Gasteiger partial charge in [0.25, 0.3) is 0 Å². The molecule has 0 rings (SSSR count). The van der Waals surface area contributed by atoms with Gasteiger partial charge >= 0.3 is 0 Å². The molecule has 0 aliphatic rings. The molecule has 0 bridgehead atoms. The predicted molar refractivity (Wildman–Crippen MR) is 43.9 cm³/mol. The number of hydrogen-bond donors (Lipinski definition) is 3. The van der Waals surface area contributed by atoms with Crippen LogP contribution in [0.4, 0.5) is 0 Å². The van der Waals surface area contributed by atoms with E-state index in [0.717, 1.165) is 24.1 Å². The van der Waals surface area contributed by atoms with E-state index in [1.54, 1.807) is 0 Å². The summed E-state index contributed by atoms with van der Waals surface area (Å²) < 4.78 is 1.16. The Morgan fingerprint density at radius 2 is 2.00 bits per heavy atom. The molecular formula is C4H12IN3. The molecule has 0 saturated heterocycles. The number of nitrogens with two attached hydrogens (primary N) is 1. The Kier molecular flexibility index (Phi) is 8.19. The van der Waals surface area contributed by atoms with Crippen LogP contribution in [0.2, 0.25) is 0 Å². The van der Waals surface area contributed by atoms with Crippen molar-refractivity contribution in [2.75, 3.05) is 24.1 Å². The van der Waals surface area contributed by atoms with Crippen molar-refractivity contribution >= 4 is 22.6 Å². The van der Waals surface area contributed by atoms with Gasteiger partial charge in [0.2, 0.25) is 0 Å². The largest absolute Gasteiger partial charge is 0.315 e. The first-order chi connectivity index (χ1) is 3.91. The van der Waals surface area contributed by atoms with Crippen molar-refractivity contribution in [3.05, 3.63) is 0 Å². The Bertz CT molecular complexity index is 36.3. The molecule has 50 valence electrons. The number of hydrogen-bond acceptors (Lipinski definition) is 3. The highest BCUT2D eigenvalue weighted by atomic mass is 127.